The highest BCUT2D eigenvalue weighted by molar-refractivity contribution is 7.17. The third-order valence-corrected chi connectivity index (χ3v) is 3.96. The number of aromatic amines is 1. The second kappa shape index (κ2) is 6.15. The molecule has 0 unspecified atom stereocenters. The fourth-order valence-corrected chi connectivity index (χ4v) is 2.88. The van der Waals surface area contributed by atoms with Crippen LogP contribution >= 0.6 is 11.3 Å². The van der Waals surface area contributed by atoms with Gasteiger partial charge in [0.2, 0.25) is 0 Å². The van der Waals surface area contributed by atoms with Crippen molar-refractivity contribution in [3.8, 4) is 11.4 Å². The van der Waals surface area contributed by atoms with Gasteiger partial charge >= 0.3 is 0 Å². The lowest BCUT2D eigenvalue weighted by atomic mass is 10.2. The summed E-state index contributed by atoms with van der Waals surface area (Å²) in [4.78, 5) is 23.5. The van der Waals surface area contributed by atoms with E-state index in [-0.39, 0.29) is 5.56 Å². The van der Waals surface area contributed by atoms with Crippen LogP contribution in [0.1, 0.15) is 19.0 Å². The first-order chi connectivity index (χ1) is 10.3. The number of fused-ring (bicyclic) bond motifs is 1. The van der Waals surface area contributed by atoms with E-state index >= 15 is 0 Å². The number of thiophene rings is 1. The van der Waals surface area contributed by atoms with Crippen LogP contribution < -0.4 is 10.9 Å². The molecule has 3 aromatic rings. The van der Waals surface area contributed by atoms with Crippen LogP contribution in [0.3, 0.4) is 0 Å². The molecule has 0 fully saturated rings. The van der Waals surface area contributed by atoms with Crippen molar-refractivity contribution in [2.24, 2.45) is 0 Å². The molecule has 0 amide bonds. The summed E-state index contributed by atoms with van der Waals surface area (Å²) < 4.78 is 1.09. The van der Waals surface area contributed by atoms with Crippen molar-refractivity contribution in [2.45, 2.75) is 19.9 Å². The lowest BCUT2D eigenvalue weighted by molar-refractivity contribution is 0.662. The van der Waals surface area contributed by atoms with E-state index in [9.17, 15) is 4.79 Å². The second-order valence-electron chi connectivity index (χ2n) is 4.79. The lowest BCUT2D eigenvalue weighted by Gasteiger charge is -2.05. The maximum absolute atomic E-state index is 11.8. The number of rotatable bonds is 5. The molecular formula is C15H16N4OS. The van der Waals surface area contributed by atoms with E-state index in [2.05, 4.69) is 27.2 Å². The first kappa shape index (κ1) is 13.9. The molecule has 3 aromatic heterocycles. The van der Waals surface area contributed by atoms with Gasteiger partial charge < -0.3 is 10.3 Å². The SMILES string of the molecule is CCCNCc1cc(=O)[nH]c(-c2cnc3ccsc3c2)n1. The van der Waals surface area contributed by atoms with Crippen LogP contribution in [0.4, 0.5) is 0 Å². The minimum Gasteiger partial charge on any atom is -0.311 e. The topological polar surface area (TPSA) is 70.7 Å². The molecule has 3 rings (SSSR count). The Morgan fingerprint density at radius 1 is 1.38 bits per heavy atom. The molecule has 21 heavy (non-hydrogen) atoms. The maximum atomic E-state index is 11.8. The number of aromatic nitrogens is 3. The molecule has 0 aromatic carbocycles. The summed E-state index contributed by atoms with van der Waals surface area (Å²) >= 11 is 1.63. The number of nitrogens with zero attached hydrogens (tertiary/aromatic N) is 2. The largest absolute Gasteiger partial charge is 0.311 e. The number of hydrogen-bond donors (Lipinski definition) is 2. The van der Waals surface area contributed by atoms with E-state index in [1.807, 2.05) is 17.5 Å². The van der Waals surface area contributed by atoms with Crippen LogP contribution in [0, 0.1) is 0 Å². The Morgan fingerprint density at radius 2 is 2.29 bits per heavy atom. The second-order valence-corrected chi connectivity index (χ2v) is 5.74. The zero-order valence-electron chi connectivity index (χ0n) is 11.7. The van der Waals surface area contributed by atoms with Crippen molar-refractivity contribution in [3.05, 3.63) is 45.8 Å². The van der Waals surface area contributed by atoms with Crippen LogP contribution in [-0.4, -0.2) is 21.5 Å². The molecule has 5 nitrogen and oxygen atoms in total. The van der Waals surface area contributed by atoms with Crippen LogP contribution in [0.5, 0.6) is 0 Å². The van der Waals surface area contributed by atoms with Crippen molar-refractivity contribution >= 4 is 21.6 Å². The summed E-state index contributed by atoms with van der Waals surface area (Å²) in [5, 5.41) is 5.26. The first-order valence-corrected chi connectivity index (χ1v) is 7.79. The zero-order valence-corrected chi connectivity index (χ0v) is 12.5. The maximum Gasteiger partial charge on any atom is 0.251 e. The Morgan fingerprint density at radius 3 is 3.14 bits per heavy atom. The summed E-state index contributed by atoms with van der Waals surface area (Å²) in [5.41, 5.74) is 2.40. The molecule has 3 heterocycles. The Bertz CT molecular complexity index is 809. The summed E-state index contributed by atoms with van der Waals surface area (Å²) in [6.07, 6.45) is 2.80. The van der Waals surface area contributed by atoms with Gasteiger partial charge in [-0.25, -0.2) is 4.98 Å². The summed E-state index contributed by atoms with van der Waals surface area (Å²) in [6.45, 7) is 3.61. The van der Waals surface area contributed by atoms with Crippen LogP contribution in [-0.2, 0) is 6.54 Å². The van der Waals surface area contributed by atoms with Gasteiger partial charge in [-0.3, -0.25) is 9.78 Å². The molecule has 0 atom stereocenters. The van der Waals surface area contributed by atoms with E-state index in [4.69, 9.17) is 0 Å². The fourth-order valence-electron chi connectivity index (χ4n) is 2.10. The molecule has 108 valence electrons. The van der Waals surface area contributed by atoms with Crippen molar-refractivity contribution in [1.82, 2.24) is 20.3 Å². The van der Waals surface area contributed by atoms with E-state index in [1.165, 1.54) is 6.07 Å². The van der Waals surface area contributed by atoms with Crippen LogP contribution in [0.2, 0.25) is 0 Å². The number of hydrogen-bond acceptors (Lipinski definition) is 5. The van der Waals surface area contributed by atoms with Gasteiger partial charge in [0.1, 0.15) is 5.82 Å². The lowest BCUT2D eigenvalue weighted by Crippen LogP contribution is -2.18. The predicted octanol–water partition coefficient (Wildman–Crippen LogP) is 2.55. The molecular weight excluding hydrogens is 284 g/mol. The number of H-pyrrole nitrogens is 1. The molecule has 6 heteroatoms. The Hall–Kier alpha value is -2.05. The molecule has 0 aliphatic rings. The molecule has 0 saturated carbocycles. The first-order valence-electron chi connectivity index (χ1n) is 6.91. The molecule has 0 spiro atoms. The van der Waals surface area contributed by atoms with E-state index < -0.39 is 0 Å². The standard InChI is InChI=1S/C15H16N4OS/c1-2-4-16-9-11-7-14(20)19-15(18-11)10-6-13-12(17-8-10)3-5-21-13/h3,5-8,16H,2,4,9H2,1H3,(H,18,19,20). The molecule has 0 aliphatic heterocycles. The number of nitrogens with one attached hydrogen (secondary N) is 2. The monoisotopic (exact) mass is 300 g/mol. The van der Waals surface area contributed by atoms with E-state index in [0.29, 0.717) is 12.4 Å². The summed E-state index contributed by atoms with van der Waals surface area (Å²) in [5.74, 6) is 0.568. The van der Waals surface area contributed by atoms with Crippen molar-refractivity contribution < 1.29 is 0 Å². The molecule has 0 radical (unpaired) electrons. The highest BCUT2D eigenvalue weighted by Crippen LogP contribution is 2.23. The van der Waals surface area contributed by atoms with Gasteiger partial charge in [-0.05, 0) is 30.5 Å². The molecule has 0 saturated heterocycles. The van der Waals surface area contributed by atoms with Crippen LogP contribution in [0.15, 0.2) is 34.6 Å². The molecule has 0 aliphatic carbocycles. The van der Waals surface area contributed by atoms with Crippen molar-refractivity contribution in [2.75, 3.05) is 6.54 Å². The zero-order chi connectivity index (χ0) is 14.7. The van der Waals surface area contributed by atoms with Crippen molar-refractivity contribution in [3.63, 3.8) is 0 Å². The number of pyridine rings is 1. The smallest absolute Gasteiger partial charge is 0.251 e. The fraction of sp³-hybridized carbons (Fsp3) is 0.267. The highest BCUT2D eigenvalue weighted by Gasteiger charge is 2.06. The highest BCUT2D eigenvalue weighted by atomic mass is 32.1. The van der Waals surface area contributed by atoms with Crippen LogP contribution in [0.25, 0.3) is 21.6 Å². The van der Waals surface area contributed by atoms with Gasteiger partial charge in [-0.1, -0.05) is 6.92 Å². The predicted molar refractivity (Wildman–Crippen MR) is 85.5 cm³/mol. The quantitative estimate of drug-likeness (QED) is 0.710. The summed E-state index contributed by atoms with van der Waals surface area (Å²) in [7, 11) is 0. The van der Waals surface area contributed by atoms with Gasteiger partial charge in [0.25, 0.3) is 5.56 Å². The van der Waals surface area contributed by atoms with Gasteiger partial charge in [-0.15, -0.1) is 11.3 Å². The normalized spacial score (nSPS) is 11.1. The van der Waals surface area contributed by atoms with Gasteiger partial charge in [0.05, 0.1) is 15.9 Å². The Labute approximate surface area is 126 Å². The average molecular weight is 300 g/mol. The van der Waals surface area contributed by atoms with Crippen molar-refractivity contribution in [1.29, 1.82) is 0 Å². The minimum atomic E-state index is -0.139. The molecule has 0 bridgehead atoms. The van der Waals surface area contributed by atoms with E-state index in [0.717, 1.165) is 34.4 Å². The summed E-state index contributed by atoms with van der Waals surface area (Å²) in [6, 6.07) is 5.52. The Balaban J connectivity index is 1.94. The van der Waals surface area contributed by atoms with E-state index in [1.54, 1.807) is 17.5 Å². The average Bonchev–Trinajstić information content (AvgIpc) is 2.94. The molecule has 2 N–H and O–H groups in total. The van der Waals surface area contributed by atoms with Gasteiger partial charge in [0.15, 0.2) is 0 Å². The Kier molecular flexibility index (Phi) is 4.08. The third-order valence-electron chi connectivity index (χ3n) is 3.10. The van der Waals surface area contributed by atoms with Gasteiger partial charge in [0, 0.05) is 24.4 Å². The third kappa shape index (κ3) is 3.17. The minimum absolute atomic E-state index is 0.139. The van der Waals surface area contributed by atoms with Gasteiger partial charge in [-0.2, -0.15) is 0 Å².